The third-order valence-corrected chi connectivity index (χ3v) is 9.51. The number of esters is 4. The van der Waals surface area contributed by atoms with Gasteiger partial charge in [-0.3, -0.25) is 0 Å². The van der Waals surface area contributed by atoms with E-state index in [1.54, 1.807) is 0 Å². The molecule has 0 fully saturated rings. The first-order chi connectivity index (χ1) is 30.1. The highest BCUT2D eigenvalue weighted by Crippen LogP contribution is 2.49. The van der Waals surface area contributed by atoms with Gasteiger partial charge >= 0.3 is 36.2 Å². The summed E-state index contributed by atoms with van der Waals surface area (Å²) in [4.78, 5) is 48.7. The first kappa shape index (κ1) is 51.5. The molecule has 63 heavy (non-hydrogen) atoms. The quantitative estimate of drug-likeness (QED) is 0.0229. The standard InChI is InChI=1S/C47H54F6O10/c1-4-7-8-9-10-11-12-14-17-30-58-35-24-20-33(21-25-35)44(56)62-38-28-29-39(43(47(51,52)53)42(38)46(48,49)50)63-45(57)34-22-26-36(27-23-34)59-31-18-15-13-16-19-37(61-41(55)6-3)32-60-40(54)5-2/h5-6,20-29,37H,2-4,7-19,30-32H2,1H3. The second-order valence-corrected chi connectivity index (χ2v) is 14.5. The first-order valence-electron chi connectivity index (χ1n) is 20.9. The van der Waals surface area contributed by atoms with Crippen molar-refractivity contribution in [1.29, 1.82) is 0 Å². The predicted molar refractivity (Wildman–Crippen MR) is 222 cm³/mol. The van der Waals surface area contributed by atoms with Crippen LogP contribution in [-0.2, 0) is 31.4 Å². The molecule has 0 saturated heterocycles. The van der Waals surface area contributed by atoms with Gasteiger partial charge in [-0.25, -0.2) is 19.2 Å². The van der Waals surface area contributed by atoms with E-state index >= 15 is 0 Å². The maximum atomic E-state index is 14.4. The fourth-order valence-corrected chi connectivity index (χ4v) is 6.23. The number of unbranched alkanes of at least 4 members (excludes halogenated alkanes) is 11. The molecule has 344 valence electrons. The summed E-state index contributed by atoms with van der Waals surface area (Å²) >= 11 is 0. The van der Waals surface area contributed by atoms with E-state index in [-0.39, 0.29) is 24.3 Å². The lowest BCUT2D eigenvalue weighted by Gasteiger charge is -2.21. The molecule has 3 aromatic rings. The highest BCUT2D eigenvalue weighted by Gasteiger charge is 2.49. The van der Waals surface area contributed by atoms with E-state index in [0.29, 0.717) is 62.3 Å². The van der Waals surface area contributed by atoms with Gasteiger partial charge in [0.05, 0.1) is 24.3 Å². The zero-order chi connectivity index (χ0) is 46.3. The fourth-order valence-electron chi connectivity index (χ4n) is 6.23. The van der Waals surface area contributed by atoms with Crippen LogP contribution in [0.5, 0.6) is 23.0 Å². The minimum absolute atomic E-state index is 0.134. The van der Waals surface area contributed by atoms with Gasteiger partial charge in [-0.15, -0.1) is 0 Å². The van der Waals surface area contributed by atoms with Gasteiger partial charge in [-0.1, -0.05) is 84.3 Å². The minimum atomic E-state index is -5.70. The summed E-state index contributed by atoms with van der Waals surface area (Å²) in [7, 11) is 0. The molecule has 0 aliphatic heterocycles. The molecule has 10 nitrogen and oxygen atoms in total. The number of carbonyl (C=O) groups is 4. The molecular weight excluding hydrogens is 838 g/mol. The molecule has 16 heteroatoms. The molecule has 1 unspecified atom stereocenters. The minimum Gasteiger partial charge on any atom is -0.494 e. The van der Waals surface area contributed by atoms with Crippen LogP contribution >= 0.6 is 0 Å². The fraction of sp³-hybridized carbons (Fsp3) is 0.447. The molecule has 0 heterocycles. The number of carbonyl (C=O) groups excluding carboxylic acids is 4. The Balaban J connectivity index is 1.56. The summed E-state index contributed by atoms with van der Waals surface area (Å²) < 4.78 is 117. The number of hydrogen-bond donors (Lipinski definition) is 0. The molecule has 0 aliphatic carbocycles. The van der Waals surface area contributed by atoms with E-state index in [4.69, 9.17) is 28.4 Å². The Morgan fingerprint density at radius 3 is 1.35 bits per heavy atom. The molecular formula is C47H54F6O10. The van der Waals surface area contributed by atoms with Gasteiger partial charge in [0, 0.05) is 12.2 Å². The third-order valence-electron chi connectivity index (χ3n) is 9.51. The van der Waals surface area contributed by atoms with E-state index in [0.717, 1.165) is 37.8 Å². The van der Waals surface area contributed by atoms with Gasteiger partial charge in [-0.2, -0.15) is 26.3 Å². The van der Waals surface area contributed by atoms with Gasteiger partial charge in [0.1, 0.15) is 46.8 Å². The van der Waals surface area contributed by atoms with Crippen LogP contribution in [0.15, 0.2) is 86.0 Å². The predicted octanol–water partition coefficient (Wildman–Crippen LogP) is 12.2. The number of rotatable bonds is 28. The zero-order valence-corrected chi connectivity index (χ0v) is 35.3. The van der Waals surface area contributed by atoms with Crippen LogP contribution in [0.2, 0.25) is 0 Å². The largest absolute Gasteiger partial charge is 0.494 e. The lowest BCUT2D eigenvalue weighted by molar-refractivity contribution is -0.163. The van der Waals surface area contributed by atoms with E-state index in [1.807, 2.05) is 0 Å². The lowest BCUT2D eigenvalue weighted by atomic mass is 10.0. The highest BCUT2D eigenvalue weighted by molar-refractivity contribution is 5.92. The van der Waals surface area contributed by atoms with Crippen molar-refractivity contribution < 1.29 is 73.9 Å². The zero-order valence-electron chi connectivity index (χ0n) is 35.3. The molecule has 1 atom stereocenters. The second kappa shape index (κ2) is 26.6. The summed E-state index contributed by atoms with van der Waals surface area (Å²) in [6.45, 7) is 9.35. The Morgan fingerprint density at radius 1 is 0.556 bits per heavy atom. The molecule has 0 radical (unpaired) electrons. The third kappa shape index (κ3) is 18.6. The van der Waals surface area contributed by atoms with Crippen LogP contribution < -0.4 is 18.9 Å². The number of hydrogen-bond acceptors (Lipinski definition) is 10. The van der Waals surface area contributed by atoms with Crippen LogP contribution in [0, 0.1) is 0 Å². The normalized spacial score (nSPS) is 11.9. The van der Waals surface area contributed by atoms with E-state index in [1.165, 1.54) is 80.6 Å². The topological polar surface area (TPSA) is 124 Å². The summed E-state index contributed by atoms with van der Waals surface area (Å²) in [5.74, 6) is -6.24. The van der Waals surface area contributed by atoms with Gasteiger partial charge in [-0.05, 0) is 86.3 Å². The number of halogens is 6. The van der Waals surface area contributed by atoms with E-state index in [2.05, 4.69) is 20.1 Å². The van der Waals surface area contributed by atoms with Crippen LogP contribution in [0.1, 0.15) is 129 Å². The molecule has 0 N–H and O–H groups in total. The van der Waals surface area contributed by atoms with Crippen molar-refractivity contribution in [3.05, 3.63) is 108 Å². The Hall–Kier alpha value is -5.80. The average molecular weight is 893 g/mol. The lowest BCUT2D eigenvalue weighted by Crippen LogP contribution is -2.24. The Morgan fingerprint density at radius 2 is 0.952 bits per heavy atom. The van der Waals surface area contributed by atoms with Gasteiger partial charge < -0.3 is 28.4 Å². The number of benzene rings is 3. The Bertz CT molecular complexity index is 1920. The molecule has 0 aliphatic rings. The van der Waals surface area contributed by atoms with Crippen molar-refractivity contribution in [3.63, 3.8) is 0 Å². The van der Waals surface area contributed by atoms with Crippen molar-refractivity contribution in [2.45, 2.75) is 115 Å². The smallest absolute Gasteiger partial charge is 0.420 e. The van der Waals surface area contributed by atoms with Crippen LogP contribution in [0.3, 0.4) is 0 Å². The second-order valence-electron chi connectivity index (χ2n) is 14.5. The molecule has 0 spiro atoms. The molecule has 3 rings (SSSR count). The van der Waals surface area contributed by atoms with E-state index in [9.17, 15) is 45.5 Å². The summed E-state index contributed by atoms with van der Waals surface area (Å²) in [5, 5.41) is 0. The molecule has 0 amide bonds. The van der Waals surface area contributed by atoms with E-state index < -0.39 is 65.0 Å². The van der Waals surface area contributed by atoms with Gasteiger partial charge in [0.15, 0.2) is 0 Å². The van der Waals surface area contributed by atoms with Gasteiger partial charge in [0.2, 0.25) is 0 Å². The first-order valence-corrected chi connectivity index (χ1v) is 20.9. The maximum Gasteiger partial charge on any atom is 0.420 e. The maximum absolute atomic E-state index is 14.4. The number of alkyl halides is 6. The van der Waals surface area contributed by atoms with Crippen molar-refractivity contribution in [1.82, 2.24) is 0 Å². The molecule has 0 bridgehead atoms. The summed E-state index contributed by atoms with van der Waals surface area (Å²) in [6.07, 6.45) is 3.15. The molecule has 3 aromatic carbocycles. The van der Waals surface area contributed by atoms with Crippen LogP contribution in [-0.4, -0.2) is 49.8 Å². The van der Waals surface area contributed by atoms with Gasteiger partial charge in [0.25, 0.3) is 0 Å². The Kier molecular flexibility index (Phi) is 21.8. The van der Waals surface area contributed by atoms with Crippen molar-refractivity contribution in [2.75, 3.05) is 19.8 Å². The monoisotopic (exact) mass is 892 g/mol. The average Bonchev–Trinajstić information content (AvgIpc) is 3.25. The van der Waals surface area contributed by atoms with Crippen molar-refractivity contribution in [2.24, 2.45) is 0 Å². The SMILES string of the molecule is C=CC(=O)OCC(CCCCCCOc1ccc(C(=O)Oc2ccc(OC(=O)c3ccc(OCCCCCCCCCCC)cc3)c(C(F)(F)F)c2C(F)(F)F)cc1)OC(=O)C=C. The number of ether oxygens (including phenoxy) is 6. The van der Waals surface area contributed by atoms with Crippen molar-refractivity contribution >= 4 is 23.9 Å². The van der Waals surface area contributed by atoms with Crippen molar-refractivity contribution in [3.8, 4) is 23.0 Å². The van der Waals surface area contributed by atoms with Crippen LogP contribution in [0.25, 0.3) is 0 Å². The van der Waals surface area contributed by atoms with Crippen LogP contribution in [0.4, 0.5) is 26.3 Å². The summed E-state index contributed by atoms with van der Waals surface area (Å²) in [5.41, 5.74) is -5.22. The highest BCUT2D eigenvalue weighted by atomic mass is 19.4. The molecule has 0 aromatic heterocycles. The Labute approximate surface area is 363 Å². The summed E-state index contributed by atoms with van der Waals surface area (Å²) in [6, 6.07) is 11.2. The molecule has 0 saturated carbocycles.